The first-order chi connectivity index (χ1) is 15.3. The first-order valence-corrected chi connectivity index (χ1v) is 10.2. The third kappa shape index (κ3) is 5.98. The summed E-state index contributed by atoms with van der Waals surface area (Å²) >= 11 is 0. The summed E-state index contributed by atoms with van der Waals surface area (Å²) in [6.07, 6.45) is 0. The fourth-order valence-corrected chi connectivity index (χ4v) is 2.98. The number of hydrogen-bond acceptors (Lipinski definition) is 4. The lowest BCUT2D eigenvalue weighted by Crippen LogP contribution is -2.30. The first-order valence-electron chi connectivity index (χ1n) is 10.2. The number of ketones is 2. The Kier molecular flexibility index (Phi) is 7.29. The van der Waals surface area contributed by atoms with Gasteiger partial charge in [0.25, 0.3) is 11.8 Å². The van der Waals surface area contributed by atoms with Crippen molar-refractivity contribution in [3.8, 4) is 0 Å². The van der Waals surface area contributed by atoms with Crippen molar-refractivity contribution in [3.05, 3.63) is 106 Å². The van der Waals surface area contributed by atoms with Gasteiger partial charge in [-0.2, -0.15) is 0 Å². The number of carbonyl (C=O) groups is 4. The number of hydrogen-bond donors (Lipinski definition) is 2. The van der Waals surface area contributed by atoms with Crippen LogP contribution in [-0.2, 0) is 0 Å². The molecule has 0 aliphatic rings. The van der Waals surface area contributed by atoms with Gasteiger partial charge in [-0.05, 0) is 38.1 Å². The smallest absolute Gasteiger partial charge is 0.251 e. The molecule has 0 spiro atoms. The lowest BCUT2D eigenvalue weighted by molar-refractivity contribution is 0.0901. The highest BCUT2D eigenvalue weighted by Gasteiger charge is 2.13. The minimum Gasteiger partial charge on any atom is -0.345 e. The zero-order valence-electron chi connectivity index (χ0n) is 18.0. The maximum absolute atomic E-state index is 12.3. The number of nitrogens with one attached hydrogen (secondary N) is 2. The van der Waals surface area contributed by atoms with Crippen molar-refractivity contribution >= 4 is 23.4 Å². The lowest BCUT2D eigenvalue weighted by Gasteiger charge is -2.07. The summed E-state index contributed by atoms with van der Waals surface area (Å²) in [6.45, 7) is 3.63. The van der Waals surface area contributed by atoms with E-state index in [9.17, 15) is 19.2 Å². The fraction of sp³-hybridized carbons (Fsp3) is 0.154. The maximum atomic E-state index is 12.3. The summed E-state index contributed by atoms with van der Waals surface area (Å²) in [5.41, 5.74) is 3.82. The lowest BCUT2D eigenvalue weighted by atomic mass is 10.1. The van der Waals surface area contributed by atoms with E-state index >= 15 is 0 Å². The molecule has 32 heavy (non-hydrogen) atoms. The van der Waals surface area contributed by atoms with Crippen LogP contribution in [0.1, 0.15) is 52.6 Å². The molecule has 0 unspecified atom stereocenters. The molecule has 0 fully saturated rings. The van der Waals surface area contributed by atoms with Gasteiger partial charge in [0.2, 0.25) is 0 Å². The minimum absolute atomic E-state index is 0.120. The van der Waals surface area contributed by atoms with Crippen molar-refractivity contribution in [2.45, 2.75) is 13.8 Å². The predicted molar refractivity (Wildman–Crippen MR) is 122 cm³/mol. The Morgan fingerprint density at radius 3 is 1.09 bits per heavy atom. The number of carbonyl (C=O) groups excluding carboxylic acids is 4. The quantitative estimate of drug-likeness (QED) is 0.537. The second kappa shape index (κ2) is 10.3. The van der Waals surface area contributed by atoms with Gasteiger partial charge in [-0.1, -0.05) is 59.7 Å². The molecular weight excluding hydrogens is 404 g/mol. The van der Waals surface area contributed by atoms with E-state index in [2.05, 4.69) is 10.6 Å². The standard InChI is InChI=1S/C26H24N2O4/c1-17-3-7-19(8-4-17)23(29)15-27-25(31)21-11-13-22(14-12-21)26(32)28-16-24(30)20-9-5-18(2)6-10-20/h3-14H,15-16H2,1-2H3,(H,27,31)(H,28,32). The molecule has 3 aromatic rings. The van der Waals surface area contributed by atoms with Crippen molar-refractivity contribution in [2.75, 3.05) is 13.1 Å². The Labute approximate surface area is 186 Å². The van der Waals surface area contributed by atoms with Crippen LogP contribution in [0.25, 0.3) is 0 Å². The summed E-state index contributed by atoms with van der Waals surface area (Å²) in [5, 5.41) is 5.18. The Balaban J connectivity index is 1.51. The monoisotopic (exact) mass is 428 g/mol. The summed E-state index contributed by atoms with van der Waals surface area (Å²) in [4.78, 5) is 49.0. The Bertz CT molecular complexity index is 1040. The van der Waals surface area contributed by atoms with Gasteiger partial charge >= 0.3 is 0 Å². The van der Waals surface area contributed by atoms with E-state index in [0.29, 0.717) is 22.3 Å². The van der Waals surface area contributed by atoms with Crippen LogP contribution in [0.5, 0.6) is 0 Å². The van der Waals surface area contributed by atoms with Crippen LogP contribution < -0.4 is 10.6 Å². The molecule has 0 saturated heterocycles. The fourth-order valence-electron chi connectivity index (χ4n) is 2.98. The zero-order chi connectivity index (χ0) is 23.1. The van der Waals surface area contributed by atoms with E-state index < -0.39 is 11.8 Å². The van der Waals surface area contributed by atoms with Crippen LogP contribution in [0.4, 0.5) is 0 Å². The van der Waals surface area contributed by atoms with Gasteiger partial charge < -0.3 is 10.6 Å². The molecule has 3 rings (SSSR count). The van der Waals surface area contributed by atoms with Gasteiger partial charge in [0, 0.05) is 22.3 Å². The number of amides is 2. The van der Waals surface area contributed by atoms with Crippen molar-refractivity contribution in [1.82, 2.24) is 10.6 Å². The molecule has 0 saturated carbocycles. The van der Waals surface area contributed by atoms with Crippen molar-refractivity contribution in [1.29, 1.82) is 0 Å². The van der Waals surface area contributed by atoms with Gasteiger partial charge in [0.1, 0.15) is 0 Å². The molecule has 6 heteroatoms. The Morgan fingerprint density at radius 2 is 0.781 bits per heavy atom. The molecule has 0 radical (unpaired) electrons. The molecule has 0 heterocycles. The van der Waals surface area contributed by atoms with Gasteiger partial charge in [0.15, 0.2) is 11.6 Å². The normalized spacial score (nSPS) is 10.3. The van der Waals surface area contributed by atoms with Crippen LogP contribution in [-0.4, -0.2) is 36.5 Å². The van der Waals surface area contributed by atoms with Gasteiger partial charge in [0.05, 0.1) is 13.1 Å². The molecule has 0 aromatic heterocycles. The summed E-state index contributed by atoms with van der Waals surface area (Å²) in [6, 6.07) is 20.3. The van der Waals surface area contributed by atoms with Crippen molar-refractivity contribution < 1.29 is 19.2 Å². The van der Waals surface area contributed by atoms with Gasteiger partial charge in [-0.15, -0.1) is 0 Å². The van der Waals surface area contributed by atoms with E-state index in [1.165, 1.54) is 24.3 Å². The third-order valence-corrected chi connectivity index (χ3v) is 4.98. The zero-order valence-corrected chi connectivity index (χ0v) is 18.0. The summed E-state index contributed by atoms with van der Waals surface area (Å²) in [5.74, 6) is -1.20. The minimum atomic E-state index is -0.410. The van der Waals surface area contributed by atoms with E-state index in [0.717, 1.165) is 11.1 Å². The van der Waals surface area contributed by atoms with E-state index in [-0.39, 0.29) is 24.7 Å². The van der Waals surface area contributed by atoms with E-state index in [4.69, 9.17) is 0 Å². The molecule has 6 nitrogen and oxygen atoms in total. The molecule has 2 amide bonds. The van der Waals surface area contributed by atoms with Crippen LogP contribution in [0.15, 0.2) is 72.8 Å². The average molecular weight is 428 g/mol. The average Bonchev–Trinajstić information content (AvgIpc) is 2.81. The number of aryl methyl sites for hydroxylation is 2. The van der Waals surface area contributed by atoms with E-state index in [1.54, 1.807) is 24.3 Å². The van der Waals surface area contributed by atoms with E-state index in [1.807, 2.05) is 38.1 Å². The maximum Gasteiger partial charge on any atom is 0.251 e. The molecule has 0 aliphatic carbocycles. The topological polar surface area (TPSA) is 92.3 Å². The summed E-state index contributed by atoms with van der Waals surface area (Å²) in [7, 11) is 0. The van der Waals surface area contributed by atoms with Crippen LogP contribution in [0.3, 0.4) is 0 Å². The molecule has 0 bridgehead atoms. The van der Waals surface area contributed by atoms with Crippen LogP contribution in [0, 0.1) is 13.8 Å². The molecule has 2 N–H and O–H groups in total. The molecule has 0 aliphatic heterocycles. The van der Waals surface area contributed by atoms with Crippen LogP contribution >= 0.6 is 0 Å². The largest absolute Gasteiger partial charge is 0.345 e. The summed E-state index contributed by atoms with van der Waals surface area (Å²) < 4.78 is 0. The second-order valence-corrected chi connectivity index (χ2v) is 7.52. The highest BCUT2D eigenvalue weighted by Crippen LogP contribution is 2.07. The highest BCUT2D eigenvalue weighted by molar-refractivity contribution is 6.04. The predicted octanol–water partition coefficient (Wildman–Crippen LogP) is 3.53. The number of rotatable bonds is 8. The molecule has 3 aromatic carbocycles. The van der Waals surface area contributed by atoms with Gasteiger partial charge in [-0.3, -0.25) is 19.2 Å². The second-order valence-electron chi connectivity index (χ2n) is 7.52. The Hall–Kier alpha value is -4.06. The SMILES string of the molecule is Cc1ccc(C(=O)CNC(=O)c2ccc(C(=O)NCC(=O)c3ccc(C)cc3)cc2)cc1. The first kappa shape index (κ1) is 22.6. The Morgan fingerprint density at radius 1 is 0.500 bits per heavy atom. The van der Waals surface area contributed by atoms with Crippen molar-refractivity contribution in [2.24, 2.45) is 0 Å². The van der Waals surface area contributed by atoms with Crippen LogP contribution in [0.2, 0.25) is 0 Å². The van der Waals surface area contributed by atoms with Crippen molar-refractivity contribution in [3.63, 3.8) is 0 Å². The molecular formula is C26H24N2O4. The molecule has 162 valence electrons. The highest BCUT2D eigenvalue weighted by atomic mass is 16.2. The number of Topliss-reactive ketones (excluding diaryl/α,β-unsaturated/α-hetero) is 2. The van der Waals surface area contributed by atoms with Gasteiger partial charge in [-0.25, -0.2) is 0 Å². The number of benzene rings is 3. The molecule has 0 atom stereocenters. The third-order valence-electron chi connectivity index (χ3n) is 4.98.